The summed E-state index contributed by atoms with van der Waals surface area (Å²) in [7, 11) is 0. The average Bonchev–Trinajstić information content (AvgIpc) is 3.03. The van der Waals surface area contributed by atoms with Gasteiger partial charge >= 0.3 is 12.1 Å². The molecule has 222 valence electrons. The van der Waals surface area contributed by atoms with Crippen LogP contribution < -0.4 is 21.2 Å². The Bertz CT molecular complexity index is 1450. The fraction of sp³-hybridized carbons (Fsp3) is 0.222. The largest absolute Gasteiger partial charge is 0.462 e. The molecule has 7 heteroatoms. The molecule has 1 amide bonds. The van der Waals surface area contributed by atoms with Gasteiger partial charge in [-0.2, -0.15) is 0 Å². The molecule has 1 unspecified atom stereocenters. The molecule has 0 fully saturated rings. The number of hydrogen-bond acceptors (Lipinski definition) is 5. The number of nitrogens with one attached hydrogen (secondary N) is 1. The van der Waals surface area contributed by atoms with E-state index in [9.17, 15) is 14.4 Å². The summed E-state index contributed by atoms with van der Waals surface area (Å²) in [5.41, 5.74) is 0.824. The highest BCUT2D eigenvalue weighted by molar-refractivity contribution is 7.97. The Kier molecular flexibility index (Phi) is 11.1. The van der Waals surface area contributed by atoms with Gasteiger partial charge in [-0.3, -0.25) is 4.79 Å². The molecular weight excluding hydrogens is 557 g/mol. The van der Waals surface area contributed by atoms with Crippen LogP contribution in [-0.2, 0) is 25.7 Å². The number of ketones is 1. The number of Topliss-reactive ketones (excluding diaryl/α,β-unsaturated/α-hetero) is 1. The molecule has 1 atom stereocenters. The zero-order valence-electron chi connectivity index (χ0n) is 24.8. The van der Waals surface area contributed by atoms with E-state index in [1.54, 1.807) is 6.92 Å². The Hall–Kier alpha value is -4.41. The van der Waals surface area contributed by atoms with Crippen molar-refractivity contribution in [1.82, 2.24) is 5.32 Å². The molecule has 0 aromatic heterocycles. The minimum Gasteiger partial charge on any atom is -0.462 e. The van der Waals surface area contributed by atoms with Crippen LogP contribution in [0, 0.1) is 5.92 Å². The molecule has 0 saturated carbocycles. The molecule has 4 rings (SSSR count). The summed E-state index contributed by atoms with van der Waals surface area (Å²) < 4.78 is 11.1. The number of benzene rings is 4. The molecule has 0 saturated heterocycles. The maximum atomic E-state index is 14.9. The standard InChI is InChI=1S/C36H38NO5P/c1-4-41-35(39)34(33(38)32(25-27(2)3)37-36(40)42-26-28-17-9-5-10-18-28)43(29-19-11-6-12-20-29,30-21-13-7-14-22-30)31-23-15-8-16-24-31/h5-24,27,32H,4,25-26H2,1-3H3,(H,37,40). The molecule has 0 radical (unpaired) electrons. The van der Waals surface area contributed by atoms with Crippen LogP contribution in [0.25, 0.3) is 0 Å². The molecule has 6 nitrogen and oxygen atoms in total. The number of ether oxygens (including phenoxy) is 2. The molecule has 0 aliphatic rings. The second-order valence-electron chi connectivity index (χ2n) is 10.5. The maximum Gasteiger partial charge on any atom is 0.408 e. The SMILES string of the molecule is CCOC(=O)C(C(=O)C(CC(C)C)NC(=O)OCc1ccccc1)=P(c1ccccc1)(c1ccccc1)c1ccccc1. The van der Waals surface area contributed by atoms with Gasteiger partial charge in [0.25, 0.3) is 0 Å². The molecule has 0 bridgehead atoms. The predicted molar refractivity (Wildman–Crippen MR) is 175 cm³/mol. The Labute approximate surface area is 254 Å². The van der Waals surface area contributed by atoms with E-state index >= 15 is 0 Å². The molecular formula is C36H38NO5P. The highest BCUT2D eigenvalue weighted by Crippen LogP contribution is 2.47. The minimum absolute atomic E-state index is 0.0322. The summed E-state index contributed by atoms with van der Waals surface area (Å²) in [5.74, 6) is -1.14. The zero-order valence-corrected chi connectivity index (χ0v) is 25.7. The molecule has 1 N–H and O–H groups in total. The monoisotopic (exact) mass is 595 g/mol. The van der Waals surface area contributed by atoms with Gasteiger partial charge < -0.3 is 14.8 Å². The molecule has 4 aromatic rings. The first-order valence-electron chi connectivity index (χ1n) is 14.5. The second-order valence-corrected chi connectivity index (χ2v) is 13.8. The summed E-state index contributed by atoms with van der Waals surface area (Å²) in [6.07, 6.45) is -0.422. The smallest absolute Gasteiger partial charge is 0.408 e. The first kappa shape index (κ1) is 31.5. The normalized spacial score (nSPS) is 11.8. The van der Waals surface area contributed by atoms with E-state index in [-0.39, 0.29) is 24.4 Å². The van der Waals surface area contributed by atoms with E-state index in [0.29, 0.717) is 6.42 Å². The number of carbonyl (C=O) groups excluding carboxylic acids is 3. The van der Waals surface area contributed by atoms with Crippen LogP contribution in [0.5, 0.6) is 0 Å². The van der Waals surface area contributed by atoms with E-state index in [4.69, 9.17) is 9.47 Å². The van der Waals surface area contributed by atoms with Crippen molar-refractivity contribution in [3.05, 3.63) is 127 Å². The lowest BCUT2D eigenvalue weighted by Crippen LogP contribution is -2.49. The third kappa shape index (κ3) is 7.52. The molecule has 43 heavy (non-hydrogen) atoms. The van der Waals surface area contributed by atoms with Gasteiger partial charge in [0.15, 0.2) is 5.78 Å². The summed E-state index contributed by atoms with van der Waals surface area (Å²) in [4.78, 5) is 42.1. The van der Waals surface area contributed by atoms with Crippen LogP contribution in [0.4, 0.5) is 4.79 Å². The Morgan fingerprint density at radius 3 is 1.53 bits per heavy atom. The molecule has 0 spiro atoms. The second kappa shape index (κ2) is 15.2. The first-order valence-corrected chi connectivity index (χ1v) is 16.3. The van der Waals surface area contributed by atoms with Crippen LogP contribution in [0.3, 0.4) is 0 Å². The van der Waals surface area contributed by atoms with Crippen molar-refractivity contribution < 1.29 is 23.9 Å². The Morgan fingerprint density at radius 2 is 1.12 bits per heavy atom. The number of esters is 1. The van der Waals surface area contributed by atoms with Gasteiger partial charge in [0, 0.05) is 0 Å². The third-order valence-corrected chi connectivity index (χ3v) is 11.3. The topological polar surface area (TPSA) is 81.7 Å². The van der Waals surface area contributed by atoms with Crippen LogP contribution >= 0.6 is 6.89 Å². The average molecular weight is 596 g/mol. The first-order chi connectivity index (χ1) is 20.9. The lowest BCUT2D eigenvalue weighted by atomic mass is 9.98. The van der Waals surface area contributed by atoms with E-state index < -0.39 is 30.8 Å². The van der Waals surface area contributed by atoms with E-state index in [1.165, 1.54) is 0 Å². The van der Waals surface area contributed by atoms with Crippen molar-refractivity contribution in [2.45, 2.75) is 39.8 Å². The van der Waals surface area contributed by atoms with Crippen LogP contribution in [0.2, 0.25) is 0 Å². The van der Waals surface area contributed by atoms with Crippen molar-refractivity contribution in [3.63, 3.8) is 0 Å². The molecule has 0 aliphatic carbocycles. The van der Waals surface area contributed by atoms with E-state index in [1.807, 2.05) is 135 Å². The highest BCUT2D eigenvalue weighted by atomic mass is 31.2. The van der Waals surface area contributed by atoms with Crippen molar-refractivity contribution in [3.8, 4) is 0 Å². The van der Waals surface area contributed by atoms with E-state index in [0.717, 1.165) is 21.5 Å². The zero-order chi connectivity index (χ0) is 30.7. The van der Waals surface area contributed by atoms with Crippen LogP contribution in [0.1, 0.15) is 32.8 Å². The summed E-state index contributed by atoms with van der Waals surface area (Å²) >= 11 is 0. The number of alkyl carbamates (subject to hydrolysis) is 1. The fourth-order valence-electron chi connectivity index (χ4n) is 5.17. The van der Waals surface area contributed by atoms with Gasteiger partial charge in [0.1, 0.15) is 11.9 Å². The van der Waals surface area contributed by atoms with Crippen LogP contribution in [-0.4, -0.2) is 35.8 Å². The van der Waals surface area contributed by atoms with E-state index in [2.05, 4.69) is 5.32 Å². The quantitative estimate of drug-likeness (QED) is 0.131. The lowest BCUT2D eigenvalue weighted by molar-refractivity contribution is -0.135. The third-order valence-electron chi connectivity index (χ3n) is 7.00. The van der Waals surface area contributed by atoms with Gasteiger partial charge in [-0.15, -0.1) is 0 Å². The predicted octanol–water partition coefficient (Wildman–Crippen LogP) is 5.63. The van der Waals surface area contributed by atoms with Gasteiger partial charge in [-0.1, -0.05) is 135 Å². The van der Waals surface area contributed by atoms with Gasteiger partial charge in [-0.25, -0.2) is 9.59 Å². The highest BCUT2D eigenvalue weighted by Gasteiger charge is 2.40. The van der Waals surface area contributed by atoms with Gasteiger partial charge in [0.05, 0.1) is 12.6 Å². The lowest BCUT2D eigenvalue weighted by Gasteiger charge is -2.33. The number of hydrogen-bond donors (Lipinski definition) is 1. The van der Waals surface area contributed by atoms with Gasteiger partial charge in [0.2, 0.25) is 0 Å². The molecule has 0 heterocycles. The van der Waals surface area contributed by atoms with Gasteiger partial charge in [-0.05, 0) is 47.6 Å². The van der Waals surface area contributed by atoms with Crippen molar-refractivity contribution in [2.75, 3.05) is 6.61 Å². The molecule has 0 aliphatic heterocycles. The maximum absolute atomic E-state index is 14.9. The van der Waals surface area contributed by atoms with Crippen LogP contribution in [0.15, 0.2) is 121 Å². The number of amides is 1. The Balaban J connectivity index is 1.96. The fourth-order valence-corrected chi connectivity index (χ4v) is 9.52. The summed E-state index contributed by atoms with van der Waals surface area (Å²) in [6, 6.07) is 37.2. The summed E-state index contributed by atoms with van der Waals surface area (Å²) in [6.45, 7) is 2.69. The summed E-state index contributed by atoms with van der Waals surface area (Å²) in [5, 5.41) is 5.33. The minimum atomic E-state index is -3.11. The number of carbonyl (C=O) groups is 3. The molecule has 4 aromatic carbocycles. The van der Waals surface area contributed by atoms with Crippen molar-refractivity contribution in [1.29, 1.82) is 0 Å². The Morgan fingerprint density at radius 1 is 0.674 bits per heavy atom. The number of rotatable bonds is 12. The van der Waals surface area contributed by atoms with Crippen molar-refractivity contribution >= 4 is 45.9 Å². The van der Waals surface area contributed by atoms with Crippen molar-refractivity contribution in [2.24, 2.45) is 5.92 Å².